The molecule has 108 valence electrons. The van der Waals surface area contributed by atoms with Gasteiger partial charge in [0.1, 0.15) is 6.04 Å². The minimum Gasteiger partial charge on any atom is -0.480 e. The maximum Gasteiger partial charge on any atom is 0.327 e. The molecule has 0 aliphatic carbocycles. The summed E-state index contributed by atoms with van der Waals surface area (Å²) in [6, 6.07) is 2.50. The summed E-state index contributed by atoms with van der Waals surface area (Å²) in [5.74, 6) is 0.476. The third-order valence-electron chi connectivity index (χ3n) is 3.19. The van der Waals surface area contributed by atoms with Gasteiger partial charge in [0, 0.05) is 34.2 Å². The first-order valence-corrected chi connectivity index (χ1v) is 7.88. The molecule has 20 heavy (non-hydrogen) atoms. The fourth-order valence-corrected chi connectivity index (χ4v) is 3.77. The number of aryl methyl sites for hydroxylation is 1. The Balaban J connectivity index is 2.43. The molecule has 0 amide bonds. The number of hydrogen-bond acceptors (Lipinski definition) is 5. The zero-order chi connectivity index (χ0) is 14.9. The van der Waals surface area contributed by atoms with Gasteiger partial charge in [0.05, 0.1) is 10.6 Å². The Labute approximate surface area is 128 Å². The zero-order valence-electron chi connectivity index (χ0n) is 10.7. The summed E-state index contributed by atoms with van der Waals surface area (Å²) in [6.07, 6.45) is 0. The summed E-state index contributed by atoms with van der Waals surface area (Å²) < 4.78 is 0.549. The average Bonchev–Trinajstić information content (AvgIpc) is 2.40. The Morgan fingerprint density at radius 3 is 2.90 bits per heavy atom. The quantitative estimate of drug-likeness (QED) is 0.658. The summed E-state index contributed by atoms with van der Waals surface area (Å²) in [6.45, 7) is 2.26. The molecule has 1 fully saturated rings. The molecule has 6 nitrogen and oxygen atoms in total. The lowest BCUT2D eigenvalue weighted by Crippen LogP contribution is -2.47. The molecule has 0 spiro atoms. The van der Waals surface area contributed by atoms with Gasteiger partial charge >= 0.3 is 5.97 Å². The number of nitro groups is 1. The fourth-order valence-electron chi connectivity index (χ4n) is 2.17. The summed E-state index contributed by atoms with van der Waals surface area (Å²) in [5, 5.41) is 20.2. The number of thioether (sulfide) groups is 1. The molecule has 1 heterocycles. The van der Waals surface area contributed by atoms with Crippen LogP contribution in [0, 0.1) is 17.0 Å². The number of carboxylic acids is 1. The number of halogens is 1. The van der Waals surface area contributed by atoms with E-state index in [0.717, 1.165) is 5.75 Å². The number of nitrogens with zero attached hydrogens (tertiary/aromatic N) is 2. The van der Waals surface area contributed by atoms with E-state index in [9.17, 15) is 20.0 Å². The first kappa shape index (κ1) is 15.1. The Morgan fingerprint density at radius 2 is 2.30 bits per heavy atom. The molecular formula is C12H13BrN2O4S. The number of aliphatic carboxylic acids is 1. The second-order valence-corrected chi connectivity index (χ2v) is 6.47. The summed E-state index contributed by atoms with van der Waals surface area (Å²) in [4.78, 5) is 23.6. The van der Waals surface area contributed by atoms with Gasteiger partial charge in [-0.3, -0.25) is 10.1 Å². The topological polar surface area (TPSA) is 83.7 Å². The molecule has 1 unspecified atom stereocenters. The van der Waals surface area contributed by atoms with Crippen LogP contribution in [0.5, 0.6) is 0 Å². The molecule has 1 atom stereocenters. The number of nitro benzene ring substituents is 1. The van der Waals surface area contributed by atoms with Crippen LogP contribution in [0.2, 0.25) is 0 Å². The Hall–Kier alpha value is -1.28. The van der Waals surface area contributed by atoms with Crippen molar-refractivity contribution in [2.75, 3.05) is 23.0 Å². The molecule has 0 radical (unpaired) electrons. The van der Waals surface area contributed by atoms with E-state index in [1.165, 1.54) is 6.07 Å². The molecule has 1 aromatic rings. The minimum absolute atomic E-state index is 0.0267. The van der Waals surface area contributed by atoms with Gasteiger partial charge in [0.15, 0.2) is 0 Å². The van der Waals surface area contributed by atoms with Crippen LogP contribution in [0.4, 0.5) is 11.4 Å². The van der Waals surface area contributed by atoms with Gasteiger partial charge < -0.3 is 10.0 Å². The highest BCUT2D eigenvalue weighted by Gasteiger charge is 2.31. The maximum atomic E-state index is 11.3. The van der Waals surface area contributed by atoms with Gasteiger partial charge in [-0.1, -0.05) is 0 Å². The van der Waals surface area contributed by atoms with Crippen molar-refractivity contribution in [2.24, 2.45) is 0 Å². The van der Waals surface area contributed by atoms with Crippen molar-refractivity contribution in [2.45, 2.75) is 13.0 Å². The highest BCUT2D eigenvalue weighted by molar-refractivity contribution is 9.10. The van der Waals surface area contributed by atoms with Gasteiger partial charge in [0.25, 0.3) is 5.69 Å². The van der Waals surface area contributed by atoms with E-state index in [0.29, 0.717) is 28.0 Å². The Bertz CT molecular complexity index is 567. The van der Waals surface area contributed by atoms with E-state index in [2.05, 4.69) is 15.9 Å². The SMILES string of the molecule is Cc1cc(N2CCSCC2C(=O)O)c(Br)cc1[N+](=O)[O-]. The summed E-state index contributed by atoms with van der Waals surface area (Å²) >= 11 is 4.92. The van der Waals surface area contributed by atoms with Crippen LogP contribution in [0.25, 0.3) is 0 Å². The van der Waals surface area contributed by atoms with Crippen LogP contribution >= 0.6 is 27.7 Å². The first-order chi connectivity index (χ1) is 9.41. The van der Waals surface area contributed by atoms with Gasteiger partial charge in [-0.05, 0) is 28.9 Å². The van der Waals surface area contributed by atoms with Gasteiger partial charge in [0.2, 0.25) is 0 Å². The number of rotatable bonds is 3. The van der Waals surface area contributed by atoms with Crippen molar-refractivity contribution in [3.05, 3.63) is 32.3 Å². The minimum atomic E-state index is -0.875. The third-order valence-corrected chi connectivity index (χ3v) is 4.84. The van der Waals surface area contributed by atoms with Gasteiger partial charge in [-0.2, -0.15) is 11.8 Å². The number of anilines is 1. The van der Waals surface area contributed by atoms with E-state index < -0.39 is 16.9 Å². The van der Waals surface area contributed by atoms with Crippen LogP contribution in [0.3, 0.4) is 0 Å². The lowest BCUT2D eigenvalue weighted by atomic mass is 10.1. The van der Waals surface area contributed by atoms with Crippen LogP contribution in [0.1, 0.15) is 5.56 Å². The highest BCUT2D eigenvalue weighted by atomic mass is 79.9. The normalized spacial score (nSPS) is 18.9. The maximum absolute atomic E-state index is 11.3. The average molecular weight is 361 g/mol. The highest BCUT2D eigenvalue weighted by Crippen LogP contribution is 2.35. The van der Waals surface area contributed by atoms with Crippen LogP contribution in [-0.2, 0) is 4.79 Å². The first-order valence-electron chi connectivity index (χ1n) is 5.93. The summed E-state index contributed by atoms with van der Waals surface area (Å²) in [5.41, 5.74) is 1.25. The number of carbonyl (C=O) groups is 1. The summed E-state index contributed by atoms with van der Waals surface area (Å²) in [7, 11) is 0. The van der Waals surface area contributed by atoms with Crippen molar-refractivity contribution in [3.63, 3.8) is 0 Å². The molecule has 0 bridgehead atoms. The number of hydrogen-bond donors (Lipinski definition) is 1. The predicted octanol–water partition coefficient (Wildman–Crippen LogP) is 2.67. The largest absolute Gasteiger partial charge is 0.480 e. The van der Waals surface area contributed by atoms with Crippen molar-refractivity contribution < 1.29 is 14.8 Å². The Kier molecular flexibility index (Phi) is 4.54. The van der Waals surface area contributed by atoms with E-state index >= 15 is 0 Å². The van der Waals surface area contributed by atoms with Crippen molar-refractivity contribution in [1.82, 2.24) is 0 Å². The fraction of sp³-hybridized carbons (Fsp3) is 0.417. The van der Waals surface area contributed by atoms with Crippen LogP contribution < -0.4 is 4.90 Å². The lowest BCUT2D eigenvalue weighted by Gasteiger charge is -2.35. The number of carboxylic acid groups (broad SMARTS) is 1. The number of benzene rings is 1. The van der Waals surface area contributed by atoms with Crippen LogP contribution in [-0.4, -0.2) is 40.1 Å². The smallest absolute Gasteiger partial charge is 0.327 e. The van der Waals surface area contributed by atoms with Gasteiger partial charge in [-0.15, -0.1) is 0 Å². The molecule has 1 aromatic carbocycles. The van der Waals surface area contributed by atoms with E-state index in [-0.39, 0.29) is 5.69 Å². The predicted molar refractivity (Wildman–Crippen MR) is 81.6 cm³/mol. The molecule has 8 heteroatoms. The Morgan fingerprint density at radius 1 is 1.60 bits per heavy atom. The molecule has 2 rings (SSSR count). The molecule has 0 aromatic heterocycles. The third kappa shape index (κ3) is 2.90. The van der Waals surface area contributed by atoms with Crippen LogP contribution in [0.15, 0.2) is 16.6 Å². The van der Waals surface area contributed by atoms with E-state index in [1.54, 1.807) is 29.7 Å². The zero-order valence-corrected chi connectivity index (χ0v) is 13.1. The van der Waals surface area contributed by atoms with Crippen molar-refractivity contribution in [3.8, 4) is 0 Å². The second kappa shape index (κ2) is 6.01. The van der Waals surface area contributed by atoms with Crippen molar-refractivity contribution >= 4 is 45.0 Å². The lowest BCUT2D eigenvalue weighted by molar-refractivity contribution is -0.385. The van der Waals surface area contributed by atoms with Crippen molar-refractivity contribution in [1.29, 1.82) is 0 Å². The second-order valence-electron chi connectivity index (χ2n) is 4.47. The molecule has 0 saturated carbocycles. The molecule has 1 saturated heterocycles. The standard InChI is InChI=1S/C12H13BrN2O4S/c1-7-4-10(8(13)5-9(7)15(18)19)14-2-3-20-6-11(14)12(16)17/h4-5,11H,2-3,6H2,1H3,(H,16,17). The van der Waals surface area contributed by atoms with E-state index in [4.69, 9.17) is 0 Å². The molecule has 1 aliphatic rings. The van der Waals surface area contributed by atoms with E-state index in [1.807, 2.05) is 0 Å². The molecule has 1 aliphatic heterocycles. The molecular weight excluding hydrogens is 348 g/mol. The monoisotopic (exact) mass is 360 g/mol. The van der Waals surface area contributed by atoms with Gasteiger partial charge in [-0.25, -0.2) is 4.79 Å². The molecule has 1 N–H and O–H groups in total.